The van der Waals surface area contributed by atoms with Crippen LogP contribution in [0.4, 0.5) is 0 Å². The Hall–Kier alpha value is -3.96. The second-order valence-corrected chi connectivity index (χ2v) is 8.52. The minimum Gasteiger partial charge on any atom is -0.508 e. The van der Waals surface area contributed by atoms with Crippen LogP contribution < -0.4 is 21.7 Å². The van der Waals surface area contributed by atoms with Gasteiger partial charge in [-0.2, -0.15) is 0 Å². The molecule has 2 aromatic carbocycles. The third-order valence-electron chi connectivity index (χ3n) is 5.48. The maximum absolute atomic E-state index is 13.3. The minimum absolute atomic E-state index is 0.00438. The standard InChI is InChI=1S/C25H32N4O7/c1-14(25(35)36)27-22(32)19(12-16-6-4-3-5-7-16)28-23(33)20(29-24(34)21(26)15(2)30)13-17-8-10-18(31)11-9-17/h3-11,14-15,19-21,30-31H,12-13,26H2,1-2H3,(H,27,32)(H,28,33)(H,29,34)(H,35,36). The van der Waals surface area contributed by atoms with Gasteiger partial charge in [0.2, 0.25) is 17.7 Å². The zero-order valence-corrected chi connectivity index (χ0v) is 20.0. The van der Waals surface area contributed by atoms with Crippen LogP contribution in [0.5, 0.6) is 5.75 Å². The lowest BCUT2D eigenvalue weighted by atomic mass is 10.0. The first-order valence-corrected chi connectivity index (χ1v) is 11.4. The lowest BCUT2D eigenvalue weighted by Gasteiger charge is -2.25. The highest BCUT2D eigenvalue weighted by Crippen LogP contribution is 2.12. The number of benzene rings is 2. The Labute approximate surface area is 208 Å². The molecule has 2 aromatic rings. The molecule has 0 spiro atoms. The van der Waals surface area contributed by atoms with Gasteiger partial charge in [0.05, 0.1) is 6.10 Å². The topological polar surface area (TPSA) is 191 Å². The summed E-state index contributed by atoms with van der Waals surface area (Å²) in [5, 5.41) is 35.8. The molecular formula is C25H32N4O7. The number of aliphatic hydroxyl groups excluding tert-OH is 1. The predicted octanol–water partition coefficient (Wildman–Crippen LogP) is -0.556. The second kappa shape index (κ2) is 13.2. The number of hydrogen-bond donors (Lipinski definition) is 7. The van der Waals surface area contributed by atoms with Gasteiger partial charge in [0.25, 0.3) is 0 Å². The van der Waals surface area contributed by atoms with Crippen LogP contribution in [-0.2, 0) is 32.0 Å². The fourth-order valence-corrected chi connectivity index (χ4v) is 3.27. The highest BCUT2D eigenvalue weighted by molar-refractivity contribution is 5.94. The molecule has 5 atom stereocenters. The van der Waals surface area contributed by atoms with Gasteiger partial charge in [0, 0.05) is 12.8 Å². The fraction of sp³-hybridized carbons (Fsp3) is 0.360. The SMILES string of the molecule is CC(NC(=O)C(Cc1ccccc1)NC(=O)C(Cc1ccc(O)cc1)NC(=O)C(N)C(C)O)C(=O)O. The Kier molecular flexibility index (Phi) is 10.4. The number of aliphatic hydroxyl groups is 1. The number of nitrogens with one attached hydrogen (secondary N) is 3. The van der Waals surface area contributed by atoms with Crippen molar-refractivity contribution in [2.75, 3.05) is 0 Å². The number of carbonyl (C=O) groups is 4. The number of rotatable bonds is 12. The van der Waals surface area contributed by atoms with E-state index in [0.29, 0.717) is 5.56 Å². The van der Waals surface area contributed by atoms with Crippen molar-refractivity contribution >= 4 is 23.7 Å². The Bertz CT molecular complexity index is 1040. The summed E-state index contributed by atoms with van der Waals surface area (Å²) in [6, 6.07) is 9.99. The van der Waals surface area contributed by atoms with E-state index in [-0.39, 0.29) is 18.6 Å². The number of phenols is 1. The van der Waals surface area contributed by atoms with E-state index in [1.807, 2.05) is 0 Å². The summed E-state index contributed by atoms with van der Waals surface area (Å²) in [4.78, 5) is 49.9. The average Bonchev–Trinajstić information content (AvgIpc) is 2.84. The van der Waals surface area contributed by atoms with E-state index in [2.05, 4.69) is 16.0 Å². The van der Waals surface area contributed by atoms with Crippen molar-refractivity contribution in [2.45, 2.75) is 57.0 Å². The van der Waals surface area contributed by atoms with Crippen LogP contribution in [0, 0.1) is 0 Å². The first-order chi connectivity index (χ1) is 17.0. The number of phenolic OH excluding ortho intramolecular Hbond substituents is 1. The summed E-state index contributed by atoms with van der Waals surface area (Å²) in [5.74, 6) is -3.41. The predicted molar refractivity (Wildman–Crippen MR) is 131 cm³/mol. The largest absolute Gasteiger partial charge is 0.508 e. The van der Waals surface area contributed by atoms with Gasteiger partial charge in [-0.05, 0) is 37.1 Å². The third kappa shape index (κ3) is 8.67. The van der Waals surface area contributed by atoms with Crippen LogP contribution in [0.1, 0.15) is 25.0 Å². The number of amides is 3. The molecule has 2 rings (SSSR count). The zero-order chi connectivity index (χ0) is 26.8. The van der Waals surface area contributed by atoms with Crippen molar-refractivity contribution in [3.8, 4) is 5.75 Å². The molecule has 8 N–H and O–H groups in total. The second-order valence-electron chi connectivity index (χ2n) is 8.52. The summed E-state index contributed by atoms with van der Waals surface area (Å²) >= 11 is 0. The maximum atomic E-state index is 13.3. The molecule has 11 nitrogen and oxygen atoms in total. The van der Waals surface area contributed by atoms with Crippen molar-refractivity contribution in [3.63, 3.8) is 0 Å². The Morgan fingerprint density at radius 3 is 1.75 bits per heavy atom. The van der Waals surface area contributed by atoms with E-state index in [1.54, 1.807) is 42.5 Å². The monoisotopic (exact) mass is 500 g/mol. The third-order valence-corrected chi connectivity index (χ3v) is 5.48. The molecular weight excluding hydrogens is 468 g/mol. The van der Waals surface area contributed by atoms with E-state index in [0.717, 1.165) is 5.56 Å². The Morgan fingerprint density at radius 2 is 1.25 bits per heavy atom. The van der Waals surface area contributed by atoms with E-state index < -0.39 is 54.0 Å². The number of hydrogen-bond acceptors (Lipinski definition) is 7. The first kappa shape index (κ1) is 28.3. The molecule has 0 saturated carbocycles. The van der Waals surface area contributed by atoms with Gasteiger partial charge in [-0.1, -0.05) is 42.5 Å². The lowest BCUT2D eigenvalue weighted by molar-refractivity contribution is -0.141. The molecule has 36 heavy (non-hydrogen) atoms. The van der Waals surface area contributed by atoms with Crippen LogP contribution in [-0.4, -0.2) is 69.3 Å². The molecule has 0 aliphatic rings. The number of aliphatic carboxylic acids is 1. The summed E-state index contributed by atoms with van der Waals surface area (Å²) in [6.07, 6.45) is -1.11. The van der Waals surface area contributed by atoms with Crippen LogP contribution in [0.3, 0.4) is 0 Å². The van der Waals surface area contributed by atoms with Crippen LogP contribution >= 0.6 is 0 Å². The summed E-state index contributed by atoms with van der Waals surface area (Å²) in [6.45, 7) is 2.63. The highest BCUT2D eigenvalue weighted by atomic mass is 16.4. The van der Waals surface area contributed by atoms with E-state index in [4.69, 9.17) is 10.8 Å². The summed E-state index contributed by atoms with van der Waals surface area (Å²) in [5.41, 5.74) is 7.03. The van der Waals surface area contributed by atoms with E-state index in [1.165, 1.54) is 26.0 Å². The molecule has 0 radical (unpaired) electrons. The van der Waals surface area contributed by atoms with Crippen molar-refractivity contribution in [2.24, 2.45) is 5.73 Å². The van der Waals surface area contributed by atoms with Crippen molar-refractivity contribution in [1.29, 1.82) is 0 Å². The fourth-order valence-electron chi connectivity index (χ4n) is 3.27. The van der Waals surface area contributed by atoms with Gasteiger partial charge in [0.1, 0.15) is 29.9 Å². The number of aromatic hydroxyl groups is 1. The van der Waals surface area contributed by atoms with Gasteiger partial charge in [0.15, 0.2) is 0 Å². The molecule has 0 saturated heterocycles. The summed E-state index contributed by atoms with van der Waals surface area (Å²) in [7, 11) is 0. The van der Waals surface area contributed by atoms with Gasteiger partial charge in [-0.25, -0.2) is 0 Å². The maximum Gasteiger partial charge on any atom is 0.325 e. The average molecular weight is 501 g/mol. The van der Waals surface area contributed by atoms with Crippen molar-refractivity contribution in [1.82, 2.24) is 16.0 Å². The zero-order valence-electron chi connectivity index (χ0n) is 20.0. The van der Waals surface area contributed by atoms with Crippen LogP contribution in [0.25, 0.3) is 0 Å². The molecule has 5 unspecified atom stereocenters. The lowest BCUT2D eigenvalue weighted by Crippen LogP contribution is -2.58. The highest BCUT2D eigenvalue weighted by Gasteiger charge is 2.30. The van der Waals surface area contributed by atoms with Crippen molar-refractivity contribution < 1.29 is 34.5 Å². The quantitative estimate of drug-likeness (QED) is 0.202. The number of carbonyl (C=O) groups excluding carboxylic acids is 3. The van der Waals surface area contributed by atoms with Gasteiger partial charge >= 0.3 is 5.97 Å². The number of carboxylic acid groups (broad SMARTS) is 1. The summed E-state index contributed by atoms with van der Waals surface area (Å²) < 4.78 is 0. The first-order valence-electron chi connectivity index (χ1n) is 11.4. The molecule has 3 amide bonds. The normalized spacial score (nSPS) is 15.0. The molecule has 0 bridgehead atoms. The minimum atomic E-state index is -1.29. The molecule has 0 aliphatic carbocycles. The number of carboxylic acids is 1. The smallest absolute Gasteiger partial charge is 0.325 e. The van der Waals surface area contributed by atoms with Gasteiger partial charge < -0.3 is 37.0 Å². The molecule has 0 heterocycles. The van der Waals surface area contributed by atoms with Gasteiger partial charge in [-0.3, -0.25) is 19.2 Å². The van der Waals surface area contributed by atoms with Crippen LogP contribution in [0.2, 0.25) is 0 Å². The van der Waals surface area contributed by atoms with E-state index >= 15 is 0 Å². The molecule has 0 aliphatic heterocycles. The molecule has 0 aromatic heterocycles. The molecule has 0 fully saturated rings. The molecule has 11 heteroatoms. The van der Waals surface area contributed by atoms with E-state index in [9.17, 15) is 29.4 Å². The molecule has 194 valence electrons. The number of nitrogens with two attached hydrogens (primary N) is 1. The van der Waals surface area contributed by atoms with Crippen LogP contribution in [0.15, 0.2) is 54.6 Å². The van der Waals surface area contributed by atoms with Crippen molar-refractivity contribution in [3.05, 3.63) is 65.7 Å². The Balaban J connectivity index is 2.29. The Morgan fingerprint density at radius 1 is 0.778 bits per heavy atom. The van der Waals surface area contributed by atoms with Gasteiger partial charge in [-0.15, -0.1) is 0 Å².